The first-order chi connectivity index (χ1) is 6.24. The van der Waals surface area contributed by atoms with Crippen LogP contribution in [0, 0.1) is 17.1 Å². The van der Waals surface area contributed by atoms with Crippen molar-refractivity contribution in [2.45, 2.75) is 6.54 Å². The molecule has 0 aliphatic rings. The average Bonchev–Trinajstić information content (AvgIpc) is 2.09. The lowest BCUT2D eigenvalue weighted by atomic mass is 10.2. The van der Waals surface area contributed by atoms with Crippen LogP contribution in [0.5, 0.6) is 0 Å². The molecule has 0 aliphatic heterocycles. The van der Waals surface area contributed by atoms with Gasteiger partial charge >= 0.3 is 0 Å². The third-order valence-corrected chi connectivity index (χ3v) is 2.27. The highest BCUT2D eigenvalue weighted by Crippen LogP contribution is 2.17. The van der Waals surface area contributed by atoms with Gasteiger partial charge in [-0.05, 0) is 17.7 Å². The SMILES string of the molecule is N#CCNCc1ccc(F)cc1Br. The molecule has 0 saturated carbocycles. The molecule has 68 valence electrons. The Morgan fingerprint density at radius 2 is 2.31 bits per heavy atom. The third-order valence-electron chi connectivity index (χ3n) is 1.53. The Bertz CT molecular complexity index is 333. The Balaban J connectivity index is 2.62. The lowest BCUT2D eigenvalue weighted by molar-refractivity contribution is 0.625. The molecule has 0 radical (unpaired) electrons. The molecule has 1 N–H and O–H groups in total. The molecule has 2 nitrogen and oxygen atoms in total. The van der Waals surface area contributed by atoms with Crippen LogP contribution in [0.3, 0.4) is 0 Å². The summed E-state index contributed by atoms with van der Waals surface area (Å²) in [4.78, 5) is 0. The van der Waals surface area contributed by atoms with Crippen LogP contribution >= 0.6 is 15.9 Å². The van der Waals surface area contributed by atoms with Crippen LogP contribution in [0.1, 0.15) is 5.56 Å². The maximum atomic E-state index is 12.6. The zero-order valence-electron chi connectivity index (χ0n) is 6.85. The molecule has 1 rings (SSSR count). The quantitative estimate of drug-likeness (QED) is 0.652. The molecule has 1 aromatic carbocycles. The summed E-state index contributed by atoms with van der Waals surface area (Å²) in [6.07, 6.45) is 0. The van der Waals surface area contributed by atoms with E-state index in [1.165, 1.54) is 12.1 Å². The van der Waals surface area contributed by atoms with Gasteiger partial charge in [-0.3, -0.25) is 0 Å². The van der Waals surface area contributed by atoms with Crippen LogP contribution in [-0.2, 0) is 6.54 Å². The second-order valence-electron chi connectivity index (χ2n) is 2.50. The topological polar surface area (TPSA) is 35.8 Å². The molecule has 0 aliphatic carbocycles. The Kier molecular flexibility index (Phi) is 3.87. The van der Waals surface area contributed by atoms with Gasteiger partial charge in [0, 0.05) is 11.0 Å². The largest absolute Gasteiger partial charge is 0.300 e. The molecule has 4 heteroatoms. The summed E-state index contributed by atoms with van der Waals surface area (Å²) in [6.45, 7) is 0.859. The van der Waals surface area contributed by atoms with Crippen LogP contribution in [0.25, 0.3) is 0 Å². The fraction of sp³-hybridized carbons (Fsp3) is 0.222. The van der Waals surface area contributed by atoms with Gasteiger partial charge < -0.3 is 5.32 Å². The maximum Gasteiger partial charge on any atom is 0.124 e. The minimum Gasteiger partial charge on any atom is -0.300 e. The van der Waals surface area contributed by atoms with E-state index >= 15 is 0 Å². The molecular formula is C9H8BrFN2. The molecule has 0 amide bonds. The predicted molar refractivity (Wildman–Crippen MR) is 51.4 cm³/mol. The van der Waals surface area contributed by atoms with Crippen LogP contribution < -0.4 is 5.32 Å². The first-order valence-electron chi connectivity index (χ1n) is 3.75. The normalized spacial score (nSPS) is 9.62. The van der Waals surface area contributed by atoms with Crippen molar-refractivity contribution >= 4 is 15.9 Å². The van der Waals surface area contributed by atoms with E-state index < -0.39 is 0 Å². The highest BCUT2D eigenvalue weighted by molar-refractivity contribution is 9.10. The number of rotatable bonds is 3. The molecule has 0 heterocycles. The fourth-order valence-electron chi connectivity index (χ4n) is 0.918. The van der Waals surface area contributed by atoms with Crippen molar-refractivity contribution in [1.82, 2.24) is 5.32 Å². The van der Waals surface area contributed by atoms with Crippen molar-refractivity contribution < 1.29 is 4.39 Å². The Morgan fingerprint density at radius 3 is 2.92 bits per heavy atom. The number of nitrogens with one attached hydrogen (secondary N) is 1. The molecule has 1 aromatic rings. The minimum atomic E-state index is -0.268. The van der Waals surface area contributed by atoms with E-state index in [0.717, 1.165) is 10.0 Å². The fourth-order valence-corrected chi connectivity index (χ4v) is 1.41. The molecular weight excluding hydrogens is 235 g/mol. The van der Waals surface area contributed by atoms with Crippen molar-refractivity contribution in [3.63, 3.8) is 0 Å². The van der Waals surface area contributed by atoms with Crippen LogP contribution in [0.4, 0.5) is 4.39 Å². The van der Waals surface area contributed by atoms with Crippen molar-refractivity contribution in [2.75, 3.05) is 6.54 Å². The highest BCUT2D eigenvalue weighted by atomic mass is 79.9. The summed E-state index contributed by atoms with van der Waals surface area (Å²) in [5.41, 5.74) is 0.941. The van der Waals surface area contributed by atoms with Crippen LogP contribution in [0.15, 0.2) is 22.7 Å². The molecule has 0 fully saturated rings. The zero-order valence-corrected chi connectivity index (χ0v) is 8.44. The number of hydrogen-bond donors (Lipinski definition) is 1. The first-order valence-corrected chi connectivity index (χ1v) is 4.55. The summed E-state index contributed by atoms with van der Waals surface area (Å²) in [7, 11) is 0. The van der Waals surface area contributed by atoms with Crippen molar-refractivity contribution in [2.24, 2.45) is 0 Å². The number of nitrogens with zero attached hydrogens (tertiary/aromatic N) is 1. The van der Waals surface area contributed by atoms with Crippen molar-refractivity contribution in [3.05, 3.63) is 34.1 Å². The molecule has 0 unspecified atom stereocenters. The lowest BCUT2D eigenvalue weighted by Gasteiger charge is -2.03. The lowest BCUT2D eigenvalue weighted by Crippen LogP contribution is -2.13. The van der Waals surface area contributed by atoms with Gasteiger partial charge in [0.2, 0.25) is 0 Å². The molecule has 0 saturated heterocycles. The number of nitriles is 1. The first kappa shape index (κ1) is 10.2. The van der Waals surface area contributed by atoms with E-state index in [1.54, 1.807) is 6.07 Å². The Morgan fingerprint density at radius 1 is 1.54 bits per heavy atom. The standard InChI is InChI=1S/C9H8BrFN2/c10-9-5-8(11)2-1-7(9)6-13-4-3-12/h1-2,5,13H,4,6H2. The van der Waals surface area contributed by atoms with E-state index in [4.69, 9.17) is 5.26 Å². The Labute approximate surface area is 84.5 Å². The van der Waals surface area contributed by atoms with Crippen LogP contribution in [-0.4, -0.2) is 6.54 Å². The van der Waals surface area contributed by atoms with Gasteiger partial charge in [-0.2, -0.15) is 5.26 Å². The zero-order chi connectivity index (χ0) is 9.68. The smallest absolute Gasteiger partial charge is 0.124 e. The summed E-state index contributed by atoms with van der Waals surface area (Å²) in [5, 5.41) is 11.2. The van der Waals surface area contributed by atoms with Gasteiger partial charge in [-0.15, -0.1) is 0 Å². The second kappa shape index (κ2) is 4.95. The summed E-state index contributed by atoms with van der Waals surface area (Å²) in [5.74, 6) is -0.268. The summed E-state index contributed by atoms with van der Waals surface area (Å²) < 4.78 is 13.4. The maximum absolute atomic E-state index is 12.6. The van der Waals surface area contributed by atoms with E-state index in [0.29, 0.717) is 13.1 Å². The molecule has 0 aromatic heterocycles. The minimum absolute atomic E-state index is 0.268. The van der Waals surface area contributed by atoms with E-state index in [-0.39, 0.29) is 5.82 Å². The second-order valence-corrected chi connectivity index (χ2v) is 3.35. The summed E-state index contributed by atoms with van der Waals surface area (Å²) in [6, 6.07) is 6.46. The molecule has 0 bridgehead atoms. The van der Waals surface area contributed by atoms with Gasteiger partial charge in [-0.25, -0.2) is 4.39 Å². The summed E-state index contributed by atoms with van der Waals surface area (Å²) >= 11 is 3.24. The number of benzene rings is 1. The predicted octanol–water partition coefficient (Wildman–Crippen LogP) is 2.20. The molecule has 0 spiro atoms. The van der Waals surface area contributed by atoms with Gasteiger partial charge in [0.1, 0.15) is 5.82 Å². The van der Waals surface area contributed by atoms with Gasteiger partial charge in [0.05, 0.1) is 12.6 Å². The highest BCUT2D eigenvalue weighted by Gasteiger charge is 1.99. The third kappa shape index (κ3) is 3.13. The molecule has 0 atom stereocenters. The van der Waals surface area contributed by atoms with Crippen molar-refractivity contribution in [3.8, 4) is 6.07 Å². The van der Waals surface area contributed by atoms with Gasteiger partial charge in [0.15, 0.2) is 0 Å². The van der Waals surface area contributed by atoms with Crippen LogP contribution in [0.2, 0.25) is 0 Å². The van der Waals surface area contributed by atoms with E-state index in [1.807, 2.05) is 6.07 Å². The number of hydrogen-bond acceptors (Lipinski definition) is 2. The number of halogens is 2. The van der Waals surface area contributed by atoms with Gasteiger partial charge in [0.25, 0.3) is 0 Å². The van der Waals surface area contributed by atoms with E-state index in [9.17, 15) is 4.39 Å². The average molecular weight is 243 g/mol. The van der Waals surface area contributed by atoms with E-state index in [2.05, 4.69) is 21.2 Å². The van der Waals surface area contributed by atoms with Crippen molar-refractivity contribution in [1.29, 1.82) is 5.26 Å². The van der Waals surface area contributed by atoms with Gasteiger partial charge in [-0.1, -0.05) is 22.0 Å². The Hall–Kier alpha value is -0.920. The molecule has 13 heavy (non-hydrogen) atoms. The monoisotopic (exact) mass is 242 g/mol.